The lowest BCUT2D eigenvalue weighted by Gasteiger charge is -2.28. The lowest BCUT2D eigenvalue weighted by Crippen LogP contribution is -2.41. The Hall–Kier alpha value is -1.63. The molecule has 0 aromatic heterocycles. The second-order valence-electron chi connectivity index (χ2n) is 6.73. The molecule has 1 unspecified atom stereocenters. The van der Waals surface area contributed by atoms with Gasteiger partial charge < -0.3 is 24.6 Å². The number of β-amino-alcohol motifs (C(OH)–C–C–N with tert-alkyl or cyclic N) is 1. The Balaban J connectivity index is 0.00000300. The number of methoxy groups -OCH3 is 2. The minimum atomic E-state index is -0.500. The first kappa shape index (κ1) is 23.6. The molecule has 0 saturated carbocycles. The van der Waals surface area contributed by atoms with Gasteiger partial charge in [0.1, 0.15) is 11.0 Å². The average Bonchev–Trinajstić information content (AvgIpc) is 2.73. The van der Waals surface area contributed by atoms with Crippen molar-refractivity contribution in [2.45, 2.75) is 12.5 Å². The van der Waals surface area contributed by atoms with E-state index in [2.05, 4.69) is 16.3 Å². The number of fused-ring (bicyclic) bond motifs is 1. The standard InChI is InChI=1S/C20H27N3O4S.ClH/c1-25-17-9-14-3-4-22-20(16(14)10-18(17)26-2)19(11-21)28-13-15(24)12-23-5-7-27-8-6-23;/h9-10,15,22,24H,3-8,12-13H2,1-2H3;1H. The van der Waals surface area contributed by atoms with E-state index in [4.69, 9.17) is 14.2 Å². The number of hydrogen-bond donors (Lipinski definition) is 2. The van der Waals surface area contributed by atoms with E-state index in [1.54, 1.807) is 14.2 Å². The summed E-state index contributed by atoms with van der Waals surface area (Å²) in [5, 5.41) is 23.5. The first-order valence-electron chi connectivity index (χ1n) is 9.40. The summed E-state index contributed by atoms with van der Waals surface area (Å²) in [5.41, 5.74) is 2.87. The number of hydrogen-bond acceptors (Lipinski definition) is 8. The Labute approximate surface area is 182 Å². The molecule has 2 aliphatic rings. The number of aliphatic hydroxyl groups excluding tert-OH is 1. The molecule has 0 aliphatic carbocycles. The Kier molecular flexibility index (Phi) is 9.40. The highest BCUT2D eigenvalue weighted by atomic mass is 35.5. The molecule has 1 saturated heterocycles. The number of aliphatic hydroxyl groups is 1. The number of rotatable bonds is 7. The zero-order valence-corrected chi connectivity index (χ0v) is 18.4. The van der Waals surface area contributed by atoms with Crippen molar-refractivity contribution in [1.82, 2.24) is 10.2 Å². The number of nitrogens with zero attached hydrogens (tertiary/aromatic N) is 2. The van der Waals surface area contributed by atoms with Crippen LogP contribution in [-0.2, 0) is 11.2 Å². The van der Waals surface area contributed by atoms with E-state index in [-0.39, 0.29) is 12.4 Å². The van der Waals surface area contributed by atoms with Crippen LogP contribution in [0.3, 0.4) is 0 Å². The van der Waals surface area contributed by atoms with Crippen molar-refractivity contribution >= 4 is 29.9 Å². The molecule has 1 atom stereocenters. The summed E-state index contributed by atoms with van der Waals surface area (Å²) in [6.45, 7) is 4.44. The average molecular weight is 442 g/mol. The maximum atomic E-state index is 10.4. The Bertz CT molecular complexity index is 763. The van der Waals surface area contributed by atoms with Crippen molar-refractivity contribution in [1.29, 1.82) is 5.26 Å². The van der Waals surface area contributed by atoms with Crippen LogP contribution in [0.4, 0.5) is 0 Å². The van der Waals surface area contributed by atoms with Gasteiger partial charge in [0.15, 0.2) is 11.5 Å². The molecule has 1 fully saturated rings. The molecule has 2 aliphatic heterocycles. The van der Waals surface area contributed by atoms with Gasteiger partial charge in [0.05, 0.1) is 39.2 Å². The monoisotopic (exact) mass is 441 g/mol. The van der Waals surface area contributed by atoms with Gasteiger partial charge in [-0.1, -0.05) is 0 Å². The number of allylic oxidation sites excluding steroid dienone is 1. The first-order chi connectivity index (χ1) is 13.7. The number of nitriles is 1. The molecule has 29 heavy (non-hydrogen) atoms. The lowest BCUT2D eigenvalue weighted by atomic mass is 9.97. The largest absolute Gasteiger partial charge is 0.493 e. The van der Waals surface area contributed by atoms with E-state index in [9.17, 15) is 10.4 Å². The summed E-state index contributed by atoms with van der Waals surface area (Å²) in [6, 6.07) is 6.19. The predicted molar refractivity (Wildman–Crippen MR) is 117 cm³/mol. The van der Waals surface area contributed by atoms with Crippen LogP contribution >= 0.6 is 24.2 Å². The van der Waals surface area contributed by atoms with Crippen LogP contribution in [0.25, 0.3) is 5.70 Å². The highest BCUT2D eigenvalue weighted by Crippen LogP contribution is 2.37. The predicted octanol–water partition coefficient (Wildman–Crippen LogP) is 1.89. The summed E-state index contributed by atoms with van der Waals surface area (Å²) in [5.74, 6) is 1.79. The van der Waals surface area contributed by atoms with Crippen molar-refractivity contribution in [2.75, 3.05) is 59.4 Å². The van der Waals surface area contributed by atoms with E-state index in [0.717, 1.165) is 42.9 Å². The number of thioether (sulfide) groups is 1. The number of halogens is 1. The number of morpholine rings is 1. The maximum Gasteiger partial charge on any atom is 0.161 e. The SMILES string of the molecule is COc1cc2c(cc1OC)C(=C(C#N)SCC(O)CN1CCOCC1)NCC2.Cl. The fourth-order valence-electron chi connectivity index (χ4n) is 3.45. The van der Waals surface area contributed by atoms with Gasteiger partial charge in [0.25, 0.3) is 0 Å². The molecule has 1 aromatic carbocycles. The van der Waals surface area contributed by atoms with Gasteiger partial charge in [0, 0.05) is 37.5 Å². The van der Waals surface area contributed by atoms with Gasteiger partial charge >= 0.3 is 0 Å². The summed E-state index contributed by atoms with van der Waals surface area (Å²) in [4.78, 5) is 2.77. The van der Waals surface area contributed by atoms with Crippen molar-refractivity contribution in [3.63, 3.8) is 0 Å². The summed E-state index contributed by atoms with van der Waals surface area (Å²) in [7, 11) is 3.22. The lowest BCUT2D eigenvalue weighted by molar-refractivity contribution is 0.0188. The fourth-order valence-corrected chi connectivity index (χ4v) is 4.31. The normalized spacial score (nSPS) is 19.1. The summed E-state index contributed by atoms with van der Waals surface area (Å²) < 4.78 is 16.2. The van der Waals surface area contributed by atoms with Gasteiger partial charge in [-0.15, -0.1) is 24.2 Å². The van der Waals surface area contributed by atoms with E-state index in [1.807, 2.05) is 12.1 Å². The van der Waals surface area contributed by atoms with Crippen LogP contribution < -0.4 is 14.8 Å². The third-order valence-electron chi connectivity index (χ3n) is 4.90. The van der Waals surface area contributed by atoms with Crippen LogP contribution in [0.2, 0.25) is 0 Å². The minimum Gasteiger partial charge on any atom is -0.493 e. The summed E-state index contributed by atoms with van der Waals surface area (Å²) >= 11 is 1.39. The van der Waals surface area contributed by atoms with Crippen LogP contribution in [0.5, 0.6) is 11.5 Å². The fraction of sp³-hybridized carbons (Fsp3) is 0.550. The molecule has 1 aromatic rings. The first-order valence-corrected chi connectivity index (χ1v) is 10.4. The second-order valence-corrected chi connectivity index (χ2v) is 7.77. The molecule has 9 heteroatoms. The molecule has 160 valence electrons. The quantitative estimate of drug-likeness (QED) is 0.620. The molecular weight excluding hydrogens is 414 g/mol. The highest BCUT2D eigenvalue weighted by Gasteiger charge is 2.22. The van der Waals surface area contributed by atoms with Gasteiger partial charge in [-0.05, 0) is 24.1 Å². The smallest absolute Gasteiger partial charge is 0.161 e. The third-order valence-corrected chi connectivity index (χ3v) is 6.03. The second kappa shape index (κ2) is 11.5. The number of ether oxygens (including phenoxy) is 3. The zero-order valence-electron chi connectivity index (χ0n) is 16.8. The minimum absolute atomic E-state index is 0. The van der Waals surface area contributed by atoms with Crippen LogP contribution in [0, 0.1) is 11.3 Å². The summed E-state index contributed by atoms with van der Waals surface area (Å²) in [6.07, 6.45) is 0.350. The van der Waals surface area contributed by atoms with Crippen molar-refractivity contribution in [3.8, 4) is 17.6 Å². The highest BCUT2D eigenvalue weighted by molar-refractivity contribution is 8.03. The Morgan fingerprint density at radius 2 is 2.00 bits per heavy atom. The van der Waals surface area contributed by atoms with Gasteiger partial charge in [0.2, 0.25) is 0 Å². The van der Waals surface area contributed by atoms with Gasteiger partial charge in [-0.2, -0.15) is 5.26 Å². The number of benzene rings is 1. The van der Waals surface area contributed by atoms with Crippen molar-refractivity contribution < 1.29 is 19.3 Å². The van der Waals surface area contributed by atoms with Crippen LogP contribution in [0.1, 0.15) is 11.1 Å². The number of nitrogens with one attached hydrogen (secondary N) is 1. The molecule has 0 bridgehead atoms. The third kappa shape index (κ3) is 5.93. The van der Waals surface area contributed by atoms with E-state index in [1.165, 1.54) is 11.8 Å². The molecule has 3 rings (SSSR count). The van der Waals surface area contributed by atoms with E-state index in [0.29, 0.717) is 41.9 Å². The maximum absolute atomic E-state index is 10.4. The van der Waals surface area contributed by atoms with E-state index >= 15 is 0 Å². The topological polar surface area (TPSA) is 87.0 Å². The molecule has 2 heterocycles. The molecular formula is C20H28ClN3O4S. The van der Waals surface area contributed by atoms with Crippen molar-refractivity contribution in [3.05, 3.63) is 28.2 Å². The zero-order chi connectivity index (χ0) is 19.9. The molecule has 0 amide bonds. The van der Waals surface area contributed by atoms with Gasteiger partial charge in [-0.3, -0.25) is 4.90 Å². The Morgan fingerprint density at radius 3 is 2.66 bits per heavy atom. The van der Waals surface area contributed by atoms with Crippen LogP contribution in [-0.4, -0.2) is 75.5 Å². The van der Waals surface area contributed by atoms with Crippen LogP contribution in [0.15, 0.2) is 17.0 Å². The molecule has 0 radical (unpaired) electrons. The van der Waals surface area contributed by atoms with Crippen molar-refractivity contribution in [2.24, 2.45) is 0 Å². The van der Waals surface area contributed by atoms with E-state index < -0.39 is 6.10 Å². The molecule has 0 spiro atoms. The van der Waals surface area contributed by atoms with Gasteiger partial charge in [-0.25, -0.2) is 0 Å². The molecule has 7 nitrogen and oxygen atoms in total. The molecule has 2 N–H and O–H groups in total. The Morgan fingerprint density at radius 1 is 1.31 bits per heavy atom.